The lowest BCUT2D eigenvalue weighted by Gasteiger charge is -2.27. The fourth-order valence-electron chi connectivity index (χ4n) is 3.49. The van der Waals surface area contributed by atoms with E-state index < -0.39 is 29.6 Å². The van der Waals surface area contributed by atoms with Gasteiger partial charge in [0.2, 0.25) is 0 Å². The summed E-state index contributed by atoms with van der Waals surface area (Å²) < 4.78 is 38.4. The summed E-state index contributed by atoms with van der Waals surface area (Å²) in [7, 11) is 0. The molecule has 1 aromatic heterocycles. The molecule has 0 radical (unpaired) electrons. The summed E-state index contributed by atoms with van der Waals surface area (Å²) in [4.78, 5) is 30.5. The van der Waals surface area contributed by atoms with E-state index in [2.05, 4.69) is 10.3 Å². The van der Waals surface area contributed by atoms with Crippen molar-refractivity contribution in [3.05, 3.63) is 59.4 Å². The Morgan fingerprint density at radius 3 is 2.46 bits per heavy atom. The number of aromatic nitrogens is 1. The first-order valence-corrected chi connectivity index (χ1v) is 8.87. The smallest absolute Gasteiger partial charge is 0.327 e. The molecule has 28 heavy (non-hydrogen) atoms. The number of pyridine rings is 1. The first-order valence-electron chi connectivity index (χ1n) is 8.87. The van der Waals surface area contributed by atoms with Crippen molar-refractivity contribution in [2.75, 3.05) is 11.9 Å². The molecule has 1 N–H and O–H groups in total. The molecular weight excluding hydrogens is 371 g/mol. The van der Waals surface area contributed by atoms with Crippen LogP contribution < -0.4 is 5.32 Å². The number of carbonyl (C=O) groups excluding carboxylic acids is 2. The topological polar surface area (TPSA) is 62.3 Å². The van der Waals surface area contributed by atoms with Crippen LogP contribution >= 0.6 is 0 Å². The summed E-state index contributed by atoms with van der Waals surface area (Å²) in [5.41, 5.74) is 1.08. The van der Waals surface area contributed by atoms with Crippen molar-refractivity contribution in [3.8, 4) is 0 Å². The highest BCUT2D eigenvalue weighted by atomic mass is 19.4. The Morgan fingerprint density at radius 1 is 1.18 bits per heavy atom. The monoisotopic (exact) mass is 391 g/mol. The van der Waals surface area contributed by atoms with E-state index in [1.54, 1.807) is 12.3 Å². The molecule has 8 heteroatoms. The number of nitrogens with one attached hydrogen (secondary N) is 1. The molecule has 5 nitrogen and oxygen atoms in total. The molecular formula is C20H20F3N3O2. The van der Waals surface area contributed by atoms with Crippen molar-refractivity contribution in [2.24, 2.45) is 5.92 Å². The highest BCUT2D eigenvalue weighted by Crippen LogP contribution is 2.38. The molecule has 0 bridgehead atoms. The number of rotatable bonds is 2. The first kappa shape index (κ1) is 19.9. The zero-order chi connectivity index (χ0) is 20.5. The number of hydrogen-bond donors (Lipinski definition) is 1. The first-order chi connectivity index (χ1) is 13.2. The van der Waals surface area contributed by atoms with E-state index in [1.807, 2.05) is 13.8 Å². The zero-order valence-electron chi connectivity index (χ0n) is 15.5. The molecule has 2 amide bonds. The van der Waals surface area contributed by atoms with Gasteiger partial charge >= 0.3 is 18.0 Å². The number of alkyl halides is 3. The average molecular weight is 391 g/mol. The second-order valence-corrected chi connectivity index (χ2v) is 7.03. The highest BCUT2D eigenvalue weighted by molar-refractivity contribution is 6.39. The van der Waals surface area contributed by atoms with Gasteiger partial charge < -0.3 is 10.2 Å². The summed E-state index contributed by atoms with van der Waals surface area (Å²) in [5, 5.41) is 2.53. The molecule has 148 valence electrons. The number of benzene rings is 1. The van der Waals surface area contributed by atoms with Crippen LogP contribution in [0.3, 0.4) is 0 Å². The third-order valence-electron chi connectivity index (χ3n) is 4.87. The molecule has 1 saturated heterocycles. The Balaban J connectivity index is 1.78. The van der Waals surface area contributed by atoms with Gasteiger partial charge in [-0.05, 0) is 48.6 Å². The summed E-state index contributed by atoms with van der Waals surface area (Å²) in [6.07, 6.45) is -0.688. The van der Waals surface area contributed by atoms with Crippen LogP contribution in [-0.2, 0) is 15.8 Å². The van der Waals surface area contributed by atoms with E-state index >= 15 is 0 Å². The van der Waals surface area contributed by atoms with Gasteiger partial charge in [-0.1, -0.05) is 19.1 Å². The number of anilines is 1. The lowest BCUT2D eigenvalue weighted by Crippen LogP contribution is -2.40. The fraction of sp³-hybridized carbons (Fsp3) is 0.350. The van der Waals surface area contributed by atoms with Crippen LogP contribution in [0.25, 0.3) is 0 Å². The molecule has 0 spiro atoms. The van der Waals surface area contributed by atoms with Crippen molar-refractivity contribution in [2.45, 2.75) is 32.5 Å². The molecule has 2 aromatic rings. The average Bonchev–Trinajstić information content (AvgIpc) is 3.02. The van der Waals surface area contributed by atoms with E-state index in [0.717, 1.165) is 17.7 Å². The largest absolute Gasteiger partial charge is 0.416 e. The summed E-state index contributed by atoms with van der Waals surface area (Å²) in [6.45, 7) is 4.09. The van der Waals surface area contributed by atoms with Gasteiger partial charge in [-0.25, -0.2) is 0 Å². The maximum Gasteiger partial charge on any atom is 0.416 e. The molecule has 0 saturated carbocycles. The quantitative estimate of drug-likeness (QED) is 0.789. The number of likely N-dealkylation sites (tertiary alicyclic amines) is 1. The van der Waals surface area contributed by atoms with Crippen LogP contribution in [0.5, 0.6) is 0 Å². The van der Waals surface area contributed by atoms with E-state index in [1.165, 1.54) is 23.2 Å². The number of nitrogens with zero attached hydrogens (tertiary/aromatic N) is 2. The van der Waals surface area contributed by atoms with E-state index in [4.69, 9.17) is 0 Å². The zero-order valence-corrected chi connectivity index (χ0v) is 15.5. The molecule has 0 aliphatic carbocycles. The van der Waals surface area contributed by atoms with E-state index in [0.29, 0.717) is 24.2 Å². The third-order valence-corrected chi connectivity index (χ3v) is 4.87. The van der Waals surface area contributed by atoms with Crippen molar-refractivity contribution < 1.29 is 22.8 Å². The Morgan fingerprint density at radius 2 is 1.86 bits per heavy atom. The van der Waals surface area contributed by atoms with Gasteiger partial charge in [0.15, 0.2) is 0 Å². The highest BCUT2D eigenvalue weighted by Gasteiger charge is 2.38. The predicted octanol–water partition coefficient (Wildman–Crippen LogP) is 3.96. The Labute approximate surface area is 160 Å². The maximum atomic E-state index is 12.8. The van der Waals surface area contributed by atoms with Gasteiger partial charge in [-0.3, -0.25) is 14.6 Å². The number of amides is 2. The van der Waals surface area contributed by atoms with Crippen LogP contribution in [-0.4, -0.2) is 28.2 Å². The molecule has 1 aliphatic heterocycles. The van der Waals surface area contributed by atoms with Gasteiger partial charge in [0, 0.05) is 12.7 Å². The summed E-state index contributed by atoms with van der Waals surface area (Å²) >= 11 is 0. The van der Waals surface area contributed by atoms with Gasteiger partial charge in [-0.15, -0.1) is 0 Å². The Hall–Kier alpha value is -2.90. The summed E-state index contributed by atoms with van der Waals surface area (Å²) in [6, 6.07) is 5.99. The van der Waals surface area contributed by atoms with E-state index in [-0.39, 0.29) is 5.92 Å². The van der Waals surface area contributed by atoms with E-state index in [9.17, 15) is 22.8 Å². The van der Waals surface area contributed by atoms with Crippen LogP contribution in [0.15, 0.2) is 42.7 Å². The third kappa shape index (κ3) is 4.16. The van der Waals surface area contributed by atoms with Crippen molar-refractivity contribution in [3.63, 3.8) is 0 Å². The van der Waals surface area contributed by atoms with Crippen molar-refractivity contribution in [1.29, 1.82) is 0 Å². The Kier molecular flexibility index (Phi) is 5.40. The normalized spacial score (nSPS) is 19.5. The van der Waals surface area contributed by atoms with Crippen molar-refractivity contribution in [1.82, 2.24) is 9.88 Å². The minimum atomic E-state index is -4.42. The van der Waals surface area contributed by atoms with Crippen molar-refractivity contribution >= 4 is 17.5 Å². The second kappa shape index (κ2) is 7.61. The molecule has 2 atom stereocenters. The molecule has 3 rings (SSSR count). The lowest BCUT2D eigenvalue weighted by atomic mass is 9.94. The van der Waals surface area contributed by atoms with Gasteiger partial charge in [0.25, 0.3) is 0 Å². The Bertz CT molecular complexity index is 881. The second-order valence-electron chi connectivity index (χ2n) is 7.03. The molecule has 2 heterocycles. The van der Waals surface area contributed by atoms with Gasteiger partial charge in [-0.2, -0.15) is 13.2 Å². The molecule has 1 fully saturated rings. The number of aryl methyl sites for hydroxylation is 1. The minimum Gasteiger partial charge on any atom is -0.327 e. The number of halogens is 3. The minimum absolute atomic E-state index is 0.0223. The molecule has 1 aromatic carbocycles. The van der Waals surface area contributed by atoms with Gasteiger partial charge in [0.05, 0.1) is 23.5 Å². The molecule has 1 aliphatic rings. The van der Waals surface area contributed by atoms with Crippen LogP contribution in [0, 0.1) is 12.8 Å². The lowest BCUT2D eigenvalue weighted by molar-refractivity contribution is -0.144. The predicted molar refractivity (Wildman–Crippen MR) is 97.3 cm³/mol. The SMILES string of the molecule is Cc1cncc(NC(=O)C(=O)N2CCC(C)C2c2ccc(C(F)(F)F)cc2)c1. The number of hydrogen-bond acceptors (Lipinski definition) is 3. The van der Waals surface area contributed by atoms with Crippen LogP contribution in [0.1, 0.15) is 36.1 Å². The standard InChI is InChI=1S/C20H20F3N3O2/c1-12-9-16(11-24-10-12)25-18(27)19(28)26-8-7-13(2)17(26)14-3-5-15(6-4-14)20(21,22)23/h3-6,9-11,13,17H,7-8H2,1-2H3,(H,25,27). The van der Waals surface area contributed by atoms with Gasteiger partial charge in [0.1, 0.15) is 0 Å². The van der Waals surface area contributed by atoms with Crippen LogP contribution in [0.2, 0.25) is 0 Å². The number of carbonyl (C=O) groups is 2. The maximum absolute atomic E-state index is 12.8. The molecule has 2 unspecified atom stereocenters. The summed E-state index contributed by atoms with van der Waals surface area (Å²) in [5.74, 6) is -1.48. The van der Waals surface area contributed by atoms with Crippen LogP contribution in [0.4, 0.5) is 18.9 Å². The fourth-order valence-corrected chi connectivity index (χ4v) is 3.49.